The van der Waals surface area contributed by atoms with E-state index in [2.05, 4.69) is 35.9 Å². The van der Waals surface area contributed by atoms with Crippen LogP contribution in [0.3, 0.4) is 0 Å². The van der Waals surface area contributed by atoms with Crippen molar-refractivity contribution in [2.75, 3.05) is 0 Å². The molecule has 0 saturated carbocycles. The highest BCUT2D eigenvalue weighted by Crippen LogP contribution is 2.40. The van der Waals surface area contributed by atoms with Crippen LogP contribution in [0, 0.1) is 19.7 Å². The normalized spacial score (nSPS) is 16.6. The van der Waals surface area contributed by atoms with Crippen LogP contribution in [-0.4, -0.2) is 8.07 Å². The molecule has 3 heteroatoms. The van der Waals surface area contributed by atoms with E-state index >= 15 is 4.39 Å². The molecule has 1 aliphatic rings. The molecule has 1 fully saturated rings. The molecule has 0 unspecified atom stereocenters. The lowest BCUT2D eigenvalue weighted by Crippen LogP contribution is -2.35. The van der Waals surface area contributed by atoms with Gasteiger partial charge in [-0.25, -0.2) is 4.39 Å². The maximum atomic E-state index is 15.1. The maximum absolute atomic E-state index is 15.1. The predicted molar refractivity (Wildman–Crippen MR) is 144 cm³/mol. The van der Waals surface area contributed by atoms with Crippen molar-refractivity contribution in [2.45, 2.75) is 57.8 Å². The van der Waals surface area contributed by atoms with Gasteiger partial charge >= 0.3 is 0 Å². The van der Waals surface area contributed by atoms with Gasteiger partial charge in [-0.15, -0.1) is 0 Å². The van der Waals surface area contributed by atoms with E-state index in [0.29, 0.717) is 17.5 Å². The van der Waals surface area contributed by atoms with Crippen molar-refractivity contribution in [2.24, 2.45) is 7.05 Å². The van der Waals surface area contributed by atoms with Crippen molar-refractivity contribution in [3.05, 3.63) is 89.3 Å². The van der Waals surface area contributed by atoms with Gasteiger partial charge in [0.2, 0.25) is 5.69 Å². The number of aromatic nitrogens is 1. The van der Waals surface area contributed by atoms with E-state index in [4.69, 9.17) is 1.37 Å². The smallest absolute Gasteiger partial charge is 0.206 e. The van der Waals surface area contributed by atoms with Crippen molar-refractivity contribution in [1.29, 1.82) is 0 Å². The molecule has 2 heterocycles. The Morgan fingerprint density at radius 2 is 1.65 bits per heavy atom. The van der Waals surface area contributed by atoms with E-state index < -0.39 is 8.07 Å². The lowest BCUT2D eigenvalue weighted by Gasteiger charge is -2.33. The van der Waals surface area contributed by atoms with Crippen LogP contribution >= 0.6 is 0 Å². The first kappa shape index (κ1) is 21.7. The number of hydrogen-bond acceptors (Lipinski definition) is 0. The molecule has 3 aromatic carbocycles. The zero-order valence-corrected chi connectivity index (χ0v) is 22.0. The van der Waals surface area contributed by atoms with Crippen molar-refractivity contribution in [1.82, 2.24) is 0 Å². The molecule has 0 atom stereocenters. The van der Waals surface area contributed by atoms with E-state index in [1.165, 1.54) is 30.5 Å². The Labute approximate surface area is 205 Å². The summed E-state index contributed by atoms with van der Waals surface area (Å²) >= 11 is 0. The van der Waals surface area contributed by atoms with Crippen LogP contribution < -0.4 is 4.57 Å². The largest absolute Gasteiger partial charge is 0.220 e. The highest BCUT2D eigenvalue weighted by atomic mass is 28.3. The predicted octanol–water partition coefficient (Wildman–Crippen LogP) is 8.34. The number of pyridine rings is 1. The van der Waals surface area contributed by atoms with Gasteiger partial charge in [0.1, 0.15) is 12.9 Å². The Bertz CT molecular complexity index is 1420. The first-order valence-corrected chi connectivity index (χ1v) is 15.9. The van der Waals surface area contributed by atoms with Crippen molar-refractivity contribution in [3.63, 3.8) is 0 Å². The number of rotatable bonds is 3. The highest BCUT2D eigenvalue weighted by molar-refractivity contribution is 6.77. The molecule has 1 nitrogen and oxygen atoms in total. The molecule has 0 spiro atoms. The molecular weight excluding hydrogens is 433 g/mol. The van der Waals surface area contributed by atoms with Crippen molar-refractivity contribution < 1.29 is 10.3 Å². The molecule has 0 N–H and O–H groups in total. The average Bonchev–Trinajstić information content (AvgIpc) is 2.84. The summed E-state index contributed by atoms with van der Waals surface area (Å²) in [5.74, 6) is 0.388. The summed E-state index contributed by atoms with van der Waals surface area (Å²) in [4.78, 5) is 0. The van der Waals surface area contributed by atoms with Crippen LogP contribution in [0.5, 0.6) is 0 Å². The second-order valence-corrected chi connectivity index (χ2v) is 16.2. The summed E-state index contributed by atoms with van der Waals surface area (Å²) < 4.78 is 26.1. The van der Waals surface area contributed by atoms with E-state index in [-0.39, 0.29) is 5.82 Å². The van der Waals surface area contributed by atoms with E-state index in [1.807, 2.05) is 57.3 Å². The van der Waals surface area contributed by atoms with Gasteiger partial charge in [0, 0.05) is 26.6 Å². The first-order valence-electron chi connectivity index (χ1n) is 12.9. The fraction of sp³-hybridized carbons (Fsp3) is 0.323. The van der Waals surface area contributed by atoms with Crippen LogP contribution in [0.15, 0.2) is 66.7 Å². The minimum absolute atomic E-state index is 0.204. The van der Waals surface area contributed by atoms with E-state index in [0.717, 1.165) is 38.9 Å². The number of fused-ring (bicyclic) bond motifs is 1. The summed E-state index contributed by atoms with van der Waals surface area (Å²) in [6.07, 6.45) is 2.53. The fourth-order valence-corrected chi connectivity index (χ4v) is 8.09. The third-order valence-electron chi connectivity index (χ3n) is 7.92. The molecule has 174 valence electrons. The SMILES string of the molecule is [2H]c1c(C)[n+](C)c(-c2cc(-c3ccccc3)c(F)cc2C)c2ccc(C3CC[Si](C)(C)CC3)cc12. The van der Waals surface area contributed by atoms with Crippen molar-refractivity contribution in [3.8, 4) is 22.4 Å². The second-order valence-electron chi connectivity index (χ2n) is 10.9. The summed E-state index contributed by atoms with van der Waals surface area (Å²) in [7, 11) is 1.01. The number of benzene rings is 3. The summed E-state index contributed by atoms with van der Waals surface area (Å²) in [5.41, 5.74) is 6.74. The van der Waals surface area contributed by atoms with Gasteiger partial charge in [0.05, 0.1) is 12.3 Å². The lowest BCUT2D eigenvalue weighted by molar-refractivity contribution is -0.665. The summed E-state index contributed by atoms with van der Waals surface area (Å²) in [6, 6.07) is 23.5. The van der Waals surface area contributed by atoms with Crippen molar-refractivity contribution >= 4 is 18.8 Å². The van der Waals surface area contributed by atoms with Crippen LogP contribution in [0.2, 0.25) is 25.2 Å². The van der Waals surface area contributed by atoms with E-state index in [1.54, 1.807) is 6.07 Å². The Balaban J connectivity index is 1.69. The standard InChI is InChI=1S/C31H35FNSi/c1-21-17-30(32)29(24-9-7-6-8-10-24)20-28(21)31-27-12-11-25(19-26(27)18-22(2)33(31)3)23-13-15-34(4,5)16-14-23/h6-12,17-20,23H,13-16H2,1-5H3/q+1/i18D. The zero-order chi connectivity index (χ0) is 24.9. The minimum Gasteiger partial charge on any atom is -0.206 e. The van der Waals surface area contributed by atoms with Gasteiger partial charge in [-0.05, 0) is 66.0 Å². The molecule has 4 aromatic rings. The lowest BCUT2D eigenvalue weighted by atomic mass is 9.89. The van der Waals surface area contributed by atoms with Gasteiger partial charge < -0.3 is 0 Å². The molecule has 0 amide bonds. The van der Waals surface area contributed by atoms with Gasteiger partial charge in [-0.1, -0.05) is 67.6 Å². The minimum atomic E-state index is -1.01. The van der Waals surface area contributed by atoms with Crippen LogP contribution in [0.25, 0.3) is 33.2 Å². The second kappa shape index (κ2) is 8.78. The van der Waals surface area contributed by atoms with Crippen LogP contribution in [0.4, 0.5) is 4.39 Å². The molecule has 34 heavy (non-hydrogen) atoms. The molecular formula is C31H35FNSi+. The van der Waals surface area contributed by atoms with Gasteiger partial charge in [-0.3, -0.25) is 0 Å². The van der Waals surface area contributed by atoms with E-state index in [9.17, 15) is 0 Å². The number of hydrogen-bond donors (Lipinski definition) is 0. The molecule has 0 aliphatic carbocycles. The van der Waals surface area contributed by atoms with Gasteiger partial charge in [-0.2, -0.15) is 4.57 Å². The summed E-state index contributed by atoms with van der Waals surface area (Å²) in [6.45, 7) is 9.01. The average molecular weight is 470 g/mol. The Kier molecular flexibility index (Phi) is 5.61. The monoisotopic (exact) mass is 469 g/mol. The molecule has 5 rings (SSSR count). The van der Waals surface area contributed by atoms with Gasteiger partial charge in [0.25, 0.3) is 0 Å². The number of halogens is 1. The summed E-state index contributed by atoms with van der Waals surface area (Å²) in [5, 5.41) is 2.06. The highest BCUT2D eigenvalue weighted by Gasteiger charge is 2.30. The fourth-order valence-electron chi connectivity index (χ4n) is 5.58. The third kappa shape index (κ3) is 4.22. The molecule has 1 aliphatic heterocycles. The Morgan fingerprint density at radius 1 is 0.941 bits per heavy atom. The number of aryl methyl sites for hydroxylation is 1. The number of nitrogens with zero attached hydrogens (tertiary/aromatic N) is 1. The maximum Gasteiger partial charge on any atom is 0.220 e. The van der Waals surface area contributed by atoms with Crippen LogP contribution in [0.1, 0.15) is 37.0 Å². The Hall–Kier alpha value is -2.78. The van der Waals surface area contributed by atoms with Crippen LogP contribution in [-0.2, 0) is 7.05 Å². The van der Waals surface area contributed by atoms with Gasteiger partial charge in [0.15, 0.2) is 5.69 Å². The first-order chi connectivity index (χ1) is 16.7. The quantitative estimate of drug-likeness (QED) is 0.210. The molecule has 0 bridgehead atoms. The molecule has 0 radical (unpaired) electrons. The topological polar surface area (TPSA) is 3.88 Å². The Morgan fingerprint density at radius 3 is 2.35 bits per heavy atom. The molecule has 1 saturated heterocycles. The third-order valence-corrected chi connectivity index (χ3v) is 11.2. The molecule has 1 aromatic heterocycles. The zero-order valence-electron chi connectivity index (χ0n) is 22.0.